The van der Waals surface area contributed by atoms with Crippen LogP contribution in [0.5, 0.6) is 0 Å². The predicted octanol–water partition coefficient (Wildman–Crippen LogP) is 3.52. The first-order valence-corrected chi connectivity index (χ1v) is 7.46. The summed E-state index contributed by atoms with van der Waals surface area (Å²) in [5, 5.41) is 6.74. The first-order valence-electron chi connectivity index (χ1n) is 6.70. The van der Waals surface area contributed by atoms with E-state index in [4.69, 9.17) is 27.9 Å². The molecule has 1 aliphatic heterocycles. The molecule has 1 unspecified atom stereocenters. The molecule has 0 aliphatic carbocycles. The van der Waals surface area contributed by atoms with Crippen LogP contribution in [0.1, 0.15) is 31.9 Å². The first-order chi connectivity index (χ1) is 9.97. The van der Waals surface area contributed by atoms with Gasteiger partial charge in [-0.1, -0.05) is 29.3 Å². The fourth-order valence-corrected chi connectivity index (χ4v) is 2.70. The zero-order valence-corrected chi connectivity index (χ0v) is 13.3. The van der Waals surface area contributed by atoms with Gasteiger partial charge in [-0.3, -0.25) is 5.32 Å². The molecule has 1 aromatic carbocycles. The molecule has 1 heterocycles. The van der Waals surface area contributed by atoms with Gasteiger partial charge in [-0.15, -0.1) is 0 Å². The quantitative estimate of drug-likeness (QED) is 0.872. The second-order valence-electron chi connectivity index (χ2n) is 4.92. The molecular formula is C14H17Cl2N3O2. The monoisotopic (exact) mass is 329 g/mol. The molecule has 0 radical (unpaired) electrons. The third kappa shape index (κ3) is 4.25. The van der Waals surface area contributed by atoms with Crippen LogP contribution in [0.4, 0.5) is 4.79 Å². The Morgan fingerprint density at radius 3 is 2.71 bits per heavy atom. The molecule has 0 saturated heterocycles. The maximum absolute atomic E-state index is 11.6. The fourth-order valence-electron chi connectivity index (χ4n) is 2.05. The highest BCUT2D eigenvalue weighted by molar-refractivity contribution is 6.36. The second kappa shape index (κ2) is 7.00. The lowest BCUT2D eigenvalue weighted by Crippen LogP contribution is -2.44. The van der Waals surface area contributed by atoms with E-state index < -0.39 is 6.09 Å². The van der Waals surface area contributed by atoms with E-state index in [9.17, 15) is 4.79 Å². The van der Waals surface area contributed by atoms with Crippen molar-refractivity contribution in [1.82, 2.24) is 10.6 Å². The number of carbonyl (C=O) groups excluding carboxylic acids is 1. The summed E-state index contributed by atoms with van der Waals surface area (Å²) in [6.45, 7) is 4.22. The molecule has 0 bridgehead atoms. The molecule has 2 rings (SSSR count). The van der Waals surface area contributed by atoms with Gasteiger partial charge < -0.3 is 10.1 Å². The fraction of sp³-hybridized carbons (Fsp3) is 0.429. The van der Waals surface area contributed by atoms with Gasteiger partial charge in [0.25, 0.3) is 0 Å². The van der Waals surface area contributed by atoms with Crippen molar-refractivity contribution in [3.05, 3.63) is 33.8 Å². The number of rotatable bonds is 2. The van der Waals surface area contributed by atoms with Crippen molar-refractivity contribution >= 4 is 35.3 Å². The summed E-state index contributed by atoms with van der Waals surface area (Å²) < 4.78 is 5.02. The van der Waals surface area contributed by atoms with Gasteiger partial charge in [-0.05, 0) is 32.4 Å². The summed E-state index contributed by atoms with van der Waals surface area (Å²) >= 11 is 12.4. The molecule has 0 fully saturated rings. The molecule has 5 nitrogen and oxygen atoms in total. The van der Waals surface area contributed by atoms with Crippen LogP contribution in [0, 0.1) is 0 Å². The molecule has 1 aromatic rings. The average molecular weight is 330 g/mol. The number of halogens is 2. The molecule has 1 amide bonds. The van der Waals surface area contributed by atoms with Crippen LogP contribution in [-0.2, 0) is 4.74 Å². The Kier molecular flexibility index (Phi) is 5.31. The smallest absolute Gasteiger partial charge is 0.414 e. The molecule has 0 saturated carbocycles. The number of alkyl carbamates (subject to hydrolysis) is 1. The summed E-state index contributed by atoms with van der Waals surface area (Å²) in [4.78, 5) is 16.0. The van der Waals surface area contributed by atoms with E-state index in [1.54, 1.807) is 32.0 Å². The summed E-state index contributed by atoms with van der Waals surface area (Å²) in [7, 11) is 0. The van der Waals surface area contributed by atoms with Crippen molar-refractivity contribution < 1.29 is 9.53 Å². The number of nitrogens with zero attached hydrogens (tertiary/aromatic N) is 1. The van der Waals surface area contributed by atoms with Crippen LogP contribution in [0.15, 0.2) is 23.2 Å². The second-order valence-corrected chi connectivity index (χ2v) is 5.74. The van der Waals surface area contributed by atoms with Gasteiger partial charge >= 0.3 is 6.09 Å². The van der Waals surface area contributed by atoms with E-state index in [-0.39, 0.29) is 12.1 Å². The third-order valence-corrected chi connectivity index (χ3v) is 3.55. The van der Waals surface area contributed by atoms with Crippen LogP contribution in [0.25, 0.3) is 0 Å². The van der Waals surface area contributed by atoms with Crippen LogP contribution < -0.4 is 10.6 Å². The molecule has 0 spiro atoms. The van der Waals surface area contributed by atoms with Crippen LogP contribution in [0.3, 0.4) is 0 Å². The lowest BCUT2D eigenvalue weighted by atomic mass is 10.0. The summed E-state index contributed by atoms with van der Waals surface area (Å²) in [5.74, 6) is 0.368. The molecule has 114 valence electrons. The minimum atomic E-state index is -0.540. The predicted molar refractivity (Wildman–Crippen MR) is 84.0 cm³/mol. The number of nitrogens with one attached hydrogen (secondary N) is 2. The van der Waals surface area contributed by atoms with Crippen molar-refractivity contribution in [1.29, 1.82) is 0 Å². The summed E-state index contributed by atoms with van der Waals surface area (Å²) in [6, 6.07) is 5.15. The minimum absolute atomic E-state index is 0.192. The third-order valence-electron chi connectivity index (χ3n) is 2.89. The summed E-state index contributed by atoms with van der Waals surface area (Å²) in [6.07, 6.45) is 0.0126. The first kappa shape index (κ1) is 15.9. The largest absolute Gasteiger partial charge is 0.447 e. The zero-order valence-electron chi connectivity index (χ0n) is 11.8. The molecule has 2 N–H and O–H groups in total. The Bertz CT molecular complexity index is 541. The number of guanidine groups is 1. The number of hydrogen-bond donors (Lipinski definition) is 2. The van der Waals surface area contributed by atoms with E-state index in [0.29, 0.717) is 22.5 Å². The normalized spacial score (nSPS) is 18.0. The van der Waals surface area contributed by atoms with Crippen LogP contribution >= 0.6 is 23.2 Å². The summed E-state index contributed by atoms with van der Waals surface area (Å²) in [5.41, 5.74) is 0.777. The number of carbonyl (C=O) groups is 1. The number of ether oxygens (including phenoxy) is 1. The van der Waals surface area contributed by atoms with Gasteiger partial charge in [0.05, 0.1) is 12.1 Å². The van der Waals surface area contributed by atoms with Crippen molar-refractivity contribution in [3.8, 4) is 0 Å². The van der Waals surface area contributed by atoms with E-state index in [2.05, 4.69) is 15.6 Å². The lowest BCUT2D eigenvalue weighted by molar-refractivity contribution is 0.120. The van der Waals surface area contributed by atoms with E-state index in [0.717, 1.165) is 12.0 Å². The molecule has 1 aliphatic rings. The highest BCUT2D eigenvalue weighted by Crippen LogP contribution is 2.34. The molecule has 7 heteroatoms. The highest BCUT2D eigenvalue weighted by Gasteiger charge is 2.22. The Morgan fingerprint density at radius 1 is 1.43 bits per heavy atom. The van der Waals surface area contributed by atoms with Crippen molar-refractivity contribution in [2.24, 2.45) is 4.99 Å². The van der Waals surface area contributed by atoms with Crippen molar-refractivity contribution in [3.63, 3.8) is 0 Å². The molecular weight excluding hydrogens is 313 g/mol. The van der Waals surface area contributed by atoms with Gasteiger partial charge in [0.15, 0.2) is 0 Å². The van der Waals surface area contributed by atoms with Gasteiger partial charge in [0, 0.05) is 22.2 Å². The molecule has 0 aromatic heterocycles. The van der Waals surface area contributed by atoms with E-state index in [1.807, 2.05) is 0 Å². The SMILES string of the molecule is CC(C)OC(=O)NC1=NC(c2c(Cl)cccc2Cl)CCN1. The number of amides is 1. The lowest BCUT2D eigenvalue weighted by Gasteiger charge is -2.24. The molecule has 21 heavy (non-hydrogen) atoms. The number of aliphatic imine (C=N–C) groups is 1. The van der Waals surface area contributed by atoms with Gasteiger partial charge in [-0.25, -0.2) is 9.79 Å². The van der Waals surface area contributed by atoms with Crippen molar-refractivity contribution in [2.75, 3.05) is 6.54 Å². The Hall–Kier alpha value is -1.46. The average Bonchev–Trinajstić information content (AvgIpc) is 2.37. The maximum atomic E-state index is 11.6. The topological polar surface area (TPSA) is 62.7 Å². The Labute approximate surface area is 133 Å². The van der Waals surface area contributed by atoms with Gasteiger partial charge in [0.1, 0.15) is 0 Å². The Morgan fingerprint density at radius 2 is 2.10 bits per heavy atom. The van der Waals surface area contributed by atoms with E-state index in [1.165, 1.54) is 0 Å². The van der Waals surface area contributed by atoms with Gasteiger partial charge in [-0.2, -0.15) is 0 Å². The van der Waals surface area contributed by atoms with E-state index >= 15 is 0 Å². The maximum Gasteiger partial charge on any atom is 0.414 e. The molecule has 1 atom stereocenters. The van der Waals surface area contributed by atoms with Crippen LogP contribution in [-0.4, -0.2) is 24.7 Å². The number of hydrogen-bond acceptors (Lipinski definition) is 4. The Balaban J connectivity index is 2.15. The van der Waals surface area contributed by atoms with Crippen molar-refractivity contribution in [2.45, 2.75) is 32.4 Å². The minimum Gasteiger partial charge on any atom is -0.447 e. The standard InChI is InChI=1S/C14H17Cl2N3O2/c1-8(2)21-14(20)19-13-17-7-6-11(18-13)12-9(15)4-3-5-10(12)16/h3-5,8,11H,6-7H2,1-2H3,(H2,17,18,19,20). The van der Waals surface area contributed by atoms with Crippen LogP contribution in [0.2, 0.25) is 10.0 Å². The van der Waals surface area contributed by atoms with Gasteiger partial charge in [0.2, 0.25) is 5.96 Å². The highest BCUT2D eigenvalue weighted by atomic mass is 35.5. The number of benzene rings is 1. The zero-order chi connectivity index (χ0) is 15.4.